The Morgan fingerprint density at radius 3 is 2.44 bits per heavy atom. The van der Waals surface area contributed by atoms with Gasteiger partial charge in [0.05, 0.1) is 6.04 Å². The maximum Gasteiger partial charge on any atom is 0.441 e. The van der Waals surface area contributed by atoms with Crippen LogP contribution in [0.1, 0.15) is 20.3 Å². The van der Waals surface area contributed by atoms with E-state index in [2.05, 4.69) is 5.32 Å². The lowest BCUT2D eigenvalue weighted by atomic mass is 10.0. The highest BCUT2D eigenvalue weighted by molar-refractivity contribution is 8.00. The summed E-state index contributed by atoms with van der Waals surface area (Å²) < 4.78 is 35.2. The molecule has 0 bridgehead atoms. The lowest BCUT2D eigenvalue weighted by molar-refractivity contribution is -0.122. The van der Waals surface area contributed by atoms with Gasteiger partial charge in [0.2, 0.25) is 5.91 Å². The summed E-state index contributed by atoms with van der Waals surface area (Å²) in [6.45, 7) is 3.83. The van der Waals surface area contributed by atoms with Gasteiger partial charge in [-0.05, 0) is 24.1 Å². The summed E-state index contributed by atoms with van der Waals surface area (Å²) in [5.41, 5.74) is 1.30. The smallest absolute Gasteiger partial charge is 0.354 e. The van der Waals surface area contributed by atoms with Gasteiger partial charge in [-0.1, -0.05) is 13.8 Å². The van der Waals surface area contributed by atoms with Gasteiger partial charge in [0, 0.05) is 12.3 Å². The molecular weight excluding hydrogens is 241 g/mol. The molecule has 0 heterocycles. The quantitative estimate of drug-likeness (QED) is 0.713. The average molecular weight is 258 g/mol. The van der Waals surface area contributed by atoms with Gasteiger partial charge in [-0.25, -0.2) is 0 Å². The summed E-state index contributed by atoms with van der Waals surface area (Å²) in [6, 6.07) is -0.643. The normalized spacial score (nSPS) is 13.9. The highest BCUT2D eigenvalue weighted by Crippen LogP contribution is 2.29. The molecule has 0 aliphatic carbocycles. The molecule has 0 fully saturated rings. The first-order valence-corrected chi connectivity index (χ1v) is 5.95. The van der Waals surface area contributed by atoms with Crippen LogP contribution >= 0.6 is 11.8 Å². The van der Waals surface area contributed by atoms with Crippen LogP contribution in [-0.2, 0) is 4.79 Å². The van der Waals surface area contributed by atoms with Crippen LogP contribution in [0.15, 0.2) is 0 Å². The summed E-state index contributed by atoms with van der Waals surface area (Å²) in [5.74, 6) is -0.300. The third-order valence-corrected chi connectivity index (χ3v) is 2.46. The predicted octanol–water partition coefficient (Wildman–Crippen LogP) is 1.73. The van der Waals surface area contributed by atoms with E-state index >= 15 is 0 Å². The van der Waals surface area contributed by atoms with Crippen LogP contribution in [0, 0.1) is 5.92 Å². The number of carbonyl (C=O) groups excluding carboxylic acids is 1. The molecule has 0 saturated carbocycles. The minimum atomic E-state index is -4.25. The molecule has 0 unspecified atom stereocenters. The van der Waals surface area contributed by atoms with Gasteiger partial charge in [-0.15, -0.1) is 0 Å². The third-order valence-electron chi connectivity index (χ3n) is 1.73. The monoisotopic (exact) mass is 258 g/mol. The highest BCUT2D eigenvalue weighted by Gasteiger charge is 2.27. The number of nitrogens with one attached hydrogen (secondary N) is 1. The van der Waals surface area contributed by atoms with Gasteiger partial charge < -0.3 is 11.1 Å². The molecule has 16 heavy (non-hydrogen) atoms. The molecule has 0 aliphatic rings. The Bertz CT molecular complexity index is 221. The van der Waals surface area contributed by atoms with Gasteiger partial charge in [0.1, 0.15) is 0 Å². The summed E-state index contributed by atoms with van der Waals surface area (Å²) in [5, 5.41) is 2.38. The van der Waals surface area contributed by atoms with Crippen molar-refractivity contribution in [2.45, 2.75) is 31.8 Å². The zero-order valence-electron chi connectivity index (χ0n) is 9.30. The van der Waals surface area contributed by atoms with E-state index < -0.39 is 17.5 Å². The minimum Gasteiger partial charge on any atom is -0.354 e. The van der Waals surface area contributed by atoms with Crippen LogP contribution in [0.5, 0.6) is 0 Å². The zero-order valence-corrected chi connectivity index (χ0v) is 10.1. The number of nitrogens with two attached hydrogens (primary N) is 1. The van der Waals surface area contributed by atoms with E-state index in [0.29, 0.717) is 6.42 Å². The number of thioether (sulfide) groups is 1. The molecule has 0 spiro atoms. The molecule has 0 aromatic heterocycles. The molecule has 3 nitrogen and oxygen atoms in total. The van der Waals surface area contributed by atoms with Gasteiger partial charge >= 0.3 is 5.51 Å². The second kappa shape index (κ2) is 7.01. The summed E-state index contributed by atoms with van der Waals surface area (Å²) in [7, 11) is 0. The van der Waals surface area contributed by atoms with E-state index in [1.807, 2.05) is 13.8 Å². The van der Waals surface area contributed by atoms with Crippen molar-refractivity contribution in [3.63, 3.8) is 0 Å². The van der Waals surface area contributed by atoms with Crippen molar-refractivity contribution in [2.24, 2.45) is 11.7 Å². The maximum absolute atomic E-state index is 11.7. The fourth-order valence-electron chi connectivity index (χ4n) is 1.09. The molecule has 1 atom stereocenters. The Labute approximate surface area is 97.3 Å². The molecule has 0 saturated heterocycles. The Balaban J connectivity index is 3.65. The fraction of sp³-hybridized carbons (Fsp3) is 0.889. The van der Waals surface area contributed by atoms with Crippen molar-refractivity contribution >= 4 is 17.7 Å². The van der Waals surface area contributed by atoms with E-state index in [1.165, 1.54) is 0 Å². The van der Waals surface area contributed by atoms with Crippen LogP contribution in [0.2, 0.25) is 0 Å². The molecule has 0 aromatic rings. The average Bonchev–Trinajstić information content (AvgIpc) is 2.09. The summed E-state index contributed by atoms with van der Waals surface area (Å²) >= 11 is -0.154. The number of alkyl halides is 3. The standard InChI is InChI=1S/C9H17F3N2OS/c1-6(2)5-7(13)8(15)14-3-4-16-9(10,11)12/h6-7H,3-5,13H2,1-2H3,(H,14,15)/t7-/m0/s1. The first kappa shape index (κ1) is 15.6. The van der Waals surface area contributed by atoms with E-state index in [0.717, 1.165) is 0 Å². The number of hydrogen-bond acceptors (Lipinski definition) is 3. The van der Waals surface area contributed by atoms with E-state index in [1.54, 1.807) is 0 Å². The Hall–Kier alpha value is -0.430. The Kier molecular flexibility index (Phi) is 6.82. The first-order valence-electron chi connectivity index (χ1n) is 4.96. The van der Waals surface area contributed by atoms with Crippen molar-refractivity contribution in [1.82, 2.24) is 5.32 Å². The van der Waals surface area contributed by atoms with Gasteiger partial charge in [-0.2, -0.15) is 13.2 Å². The van der Waals surface area contributed by atoms with Gasteiger partial charge in [0.25, 0.3) is 0 Å². The van der Waals surface area contributed by atoms with Crippen LogP contribution in [-0.4, -0.2) is 29.8 Å². The maximum atomic E-state index is 11.7. The molecule has 0 radical (unpaired) electrons. The van der Waals surface area contributed by atoms with E-state index in [-0.39, 0.29) is 30.0 Å². The van der Waals surface area contributed by atoms with E-state index in [9.17, 15) is 18.0 Å². The lowest BCUT2D eigenvalue weighted by Gasteiger charge is -2.14. The number of hydrogen-bond donors (Lipinski definition) is 2. The molecular formula is C9H17F3N2OS. The molecule has 96 valence electrons. The summed E-state index contributed by atoms with van der Waals surface area (Å²) in [4.78, 5) is 11.3. The van der Waals surface area contributed by atoms with Crippen molar-refractivity contribution in [3.8, 4) is 0 Å². The second-order valence-electron chi connectivity index (χ2n) is 3.82. The fourth-order valence-corrected chi connectivity index (χ4v) is 1.52. The Morgan fingerprint density at radius 1 is 1.44 bits per heavy atom. The molecule has 7 heteroatoms. The molecule has 0 aromatic carbocycles. The Morgan fingerprint density at radius 2 is 2.00 bits per heavy atom. The highest BCUT2D eigenvalue weighted by atomic mass is 32.2. The number of carbonyl (C=O) groups is 1. The molecule has 3 N–H and O–H groups in total. The molecule has 0 rings (SSSR count). The number of amides is 1. The molecule has 0 aliphatic heterocycles. The van der Waals surface area contributed by atoms with E-state index in [4.69, 9.17) is 5.73 Å². The zero-order chi connectivity index (χ0) is 12.8. The van der Waals surface area contributed by atoms with Crippen molar-refractivity contribution in [2.75, 3.05) is 12.3 Å². The van der Waals surface area contributed by atoms with Crippen LogP contribution in [0.3, 0.4) is 0 Å². The van der Waals surface area contributed by atoms with Gasteiger partial charge in [0.15, 0.2) is 0 Å². The largest absolute Gasteiger partial charge is 0.441 e. The summed E-state index contributed by atoms with van der Waals surface area (Å²) in [6.07, 6.45) is 0.526. The SMILES string of the molecule is CC(C)C[C@H](N)C(=O)NCCSC(F)(F)F. The van der Waals surface area contributed by atoms with Crippen molar-refractivity contribution in [3.05, 3.63) is 0 Å². The first-order chi connectivity index (χ1) is 7.22. The second-order valence-corrected chi connectivity index (χ2v) is 4.98. The third kappa shape index (κ3) is 8.84. The van der Waals surface area contributed by atoms with Crippen LogP contribution in [0.25, 0.3) is 0 Å². The minimum absolute atomic E-state index is 0.0190. The van der Waals surface area contributed by atoms with Crippen LogP contribution < -0.4 is 11.1 Å². The number of halogens is 3. The number of rotatable bonds is 6. The molecule has 1 amide bonds. The van der Waals surface area contributed by atoms with Crippen molar-refractivity contribution in [1.29, 1.82) is 0 Å². The topological polar surface area (TPSA) is 55.1 Å². The van der Waals surface area contributed by atoms with Crippen LogP contribution in [0.4, 0.5) is 13.2 Å². The lowest BCUT2D eigenvalue weighted by Crippen LogP contribution is -2.42. The van der Waals surface area contributed by atoms with Gasteiger partial charge in [-0.3, -0.25) is 4.79 Å². The van der Waals surface area contributed by atoms with Crippen molar-refractivity contribution < 1.29 is 18.0 Å². The predicted molar refractivity (Wildman–Crippen MR) is 59.0 cm³/mol.